The molecule has 10 heteroatoms. The summed E-state index contributed by atoms with van der Waals surface area (Å²) in [5.41, 5.74) is 2.63. The zero-order valence-corrected chi connectivity index (χ0v) is 13.6. The maximum Gasteiger partial charge on any atom is 0.335 e. The molecule has 0 aliphatic carbocycles. The van der Waals surface area contributed by atoms with Gasteiger partial charge in [0.25, 0.3) is 15.9 Å². The maximum atomic E-state index is 12.4. The van der Waals surface area contributed by atoms with Crippen LogP contribution in [0.15, 0.2) is 35.6 Å². The molecule has 2 rings (SSSR count). The number of carbonyl (C=O) groups excluding carboxylic acids is 1. The summed E-state index contributed by atoms with van der Waals surface area (Å²) in [6.45, 7) is 3.14. The van der Waals surface area contributed by atoms with Crippen molar-refractivity contribution in [2.75, 3.05) is 0 Å². The van der Waals surface area contributed by atoms with E-state index >= 15 is 0 Å². The molecule has 126 valence electrons. The Morgan fingerprint density at radius 2 is 1.88 bits per heavy atom. The number of carbonyl (C=O) groups is 2. The van der Waals surface area contributed by atoms with Gasteiger partial charge in [0.15, 0.2) is 0 Å². The van der Waals surface area contributed by atoms with E-state index in [2.05, 4.69) is 9.97 Å². The Morgan fingerprint density at radius 1 is 1.17 bits per heavy atom. The van der Waals surface area contributed by atoms with Crippen molar-refractivity contribution in [2.45, 2.75) is 18.7 Å². The Kier molecular flexibility index (Phi) is 4.90. The summed E-state index contributed by atoms with van der Waals surface area (Å²) in [7, 11) is -4.17. The molecule has 2 aromatic rings. The van der Waals surface area contributed by atoms with Crippen LogP contribution in [0.4, 0.5) is 0 Å². The number of hydrogen-bond donors (Lipinski definition) is 3. The minimum absolute atomic E-state index is 0.0765. The first-order valence-corrected chi connectivity index (χ1v) is 8.13. The van der Waals surface area contributed by atoms with Gasteiger partial charge in [0.05, 0.1) is 16.7 Å². The van der Waals surface area contributed by atoms with Crippen LogP contribution in [-0.2, 0) is 10.0 Å². The van der Waals surface area contributed by atoms with Gasteiger partial charge >= 0.3 is 5.97 Å². The first-order valence-electron chi connectivity index (χ1n) is 6.65. The van der Waals surface area contributed by atoms with E-state index in [1.807, 2.05) is 10.3 Å². The summed E-state index contributed by atoms with van der Waals surface area (Å²) < 4.78 is 24.7. The third kappa shape index (κ3) is 3.73. The molecule has 24 heavy (non-hydrogen) atoms. The second-order valence-electron chi connectivity index (χ2n) is 4.87. The number of nitrogens with one attached hydrogen (secondary N) is 2. The summed E-state index contributed by atoms with van der Waals surface area (Å²) in [6.07, 6.45) is 3.82. The third-order valence-corrected chi connectivity index (χ3v) is 4.62. The number of sulfonamides is 1. The number of carboxylic acids is 1. The standard InChI is InChI=1S/C14H14N4O5S/c1-8-5-10(14(20)21)6-12(9(8)2)24(22,23)18-17-13(19)11-7-15-3-4-16-11/h3-7,18H,1-2H3,(H,17,19)(H,20,21). The minimum atomic E-state index is -4.17. The van der Waals surface area contributed by atoms with Gasteiger partial charge in [-0.05, 0) is 37.1 Å². The lowest BCUT2D eigenvalue weighted by Crippen LogP contribution is -2.42. The lowest BCUT2D eigenvalue weighted by atomic mass is 10.1. The number of hydrogen-bond acceptors (Lipinski definition) is 6. The minimum Gasteiger partial charge on any atom is -0.478 e. The number of amides is 1. The summed E-state index contributed by atoms with van der Waals surface area (Å²) >= 11 is 0. The largest absolute Gasteiger partial charge is 0.478 e. The highest BCUT2D eigenvalue weighted by atomic mass is 32.2. The van der Waals surface area contributed by atoms with E-state index in [1.54, 1.807) is 13.8 Å². The number of hydrazine groups is 1. The number of nitrogens with zero attached hydrogens (tertiary/aromatic N) is 2. The second-order valence-corrected chi connectivity index (χ2v) is 6.52. The van der Waals surface area contributed by atoms with E-state index in [1.165, 1.54) is 24.7 Å². The molecule has 1 aromatic carbocycles. The summed E-state index contributed by atoms with van der Waals surface area (Å²) in [5.74, 6) is -2.05. The Hall–Kier alpha value is -2.85. The number of rotatable bonds is 5. The van der Waals surface area contributed by atoms with Crippen molar-refractivity contribution >= 4 is 21.9 Å². The van der Waals surface area contributed by atoms with Gasteiger partial charge in [-0.2, -0.15) is 0 Å². The van der Waals surface area contributed by atoms with Gasteiger partial charge in [-0.25, -0.2) is 18.2 Å². The molecule has 1 amide bonds. The normalized spacial score (nSPS) is 11.1. The third-order valence-electron chi connectivity index (χ3n) is 3.25. The van der Waals surface area contributed by atoms with Gasteiger partial charge in [0.2, 0.25) is 0 Å². The van der Waals surface area contributed by atoms with E-state index in [-0.39, 0.29) is 16.2 Å². The number of benzene rings is 1. The fraction of sp³-hybridized carbons (Fsp3) is 0.143. The van der Waals surface area contributed by atoms with Crippen LogP contribution < -0.4 is 10.3 Å². The number of carboxylic acid groups (broad SMARTS) is 1. The highest BCUT2D eigenvalue weighted by molar-refractivity contribution is 7.89. The van der Waals surface area contributed by atoms with Crippen LogP contribution >= 0.6 is 0 Å². The Balaban J connectivity index is 2.28. The first kappa shape index (κ1) is 17.5. The number of aromatic nitrogens is 2. The smallest absolute Gasteiger partial charge is 0.335 e. The van der Waals surface area contributed by atoms with Crippen LogP contribution in [0.25, 0.3) is 0 Å². The molecule has 9 nitrogen and oxygen atoms in total. The molecule has 0 spiro atoms. The highest BCUT2D eigenvalue weighted by Crippen LogP contribution is 2.20. The zero-order valence-electron chi connectivity index (χ0n) is 12.8. The van der Waals surface area contributed by atoms with Crippen LogP contribution in [0.3, 0.4) is 0 Å². The van der Waals surface area contributed by atoms with Crippen molar-refractivity contribution in [3.63, 3.8) is 0 Å². The molecule has 0 saturated carbocycles. The quantitative estimate of drug-likeness (QED) is 0.664. The lowest BCUT2D eigenvalue weighted by molar-refractivity contribution is 0.0696. The average Bonchev–Trinajstić information content (AvgIpc) is 2.55. The van der Waals surface area contributed by atoms with Crippen LogP contribution in [0.2, 0.25) is 0 Å². The molecule has 0 fully saturated rings. The zero-order chi connectivity index (χ0) is 17.9. The molecule has 0 saturated heterocycles. The second kappa shape index (κ2) is 6.72. The molecule has 1 aromatic heterocycles. The molecule has 0 atom stereocenters. The first-order chi connectivity index (χ1) is 11.2. The van der Waals surface area contributed by atoms with E-state index < -0.39 is 21.9 Å². The van der Waals surface area contributed by atoms with Crippen molar-refractivity contribution in [2.24, 2.45) is 0 Å². The molecular formula is C14H14N4O5S. The van der Waals surface area contributed by atoms with E-state index in [9.17, 15) is 18.0 Å². The lowest BCUT2D eigenvalue weighted by Gasteiger charge is -2.12. The predicted molar refractivity (Wildman–Crippen MR) is 82.7 cm³/mol. The summed E-state index contributed by atoms with van der Waals surface area (Å²) in [5, 5.41) is 9.06. The van der Waals surface area contributed by atoms with Gasteiger partial charge in [-0.1, -0.05) is 0 Å². The van der Waals surface area contributed by atoms with Crippen LogP contribution in [0.5, 0.6) is 0 Å². The monoisotopic (exact) mass is 350 g/mol. The van der Waals surface area contributed by atoms with Gasteiger partial charge in [-0.15, -0.1) is 4.83 Å². The molecule has 0 aliphatic rings. The maximum absolute atomic E-state index is 12.4. The number of aryl methyl sites for hydroxylation is 1. The fourth-order valence-electron chi connectivity index (χ4n) is 1.88. The highest BCUT2D eigenvalue weighted by Gasteiger charge is 2.21. The fourth-order valence-corrected chi connectivity index (χ4v) is 3.06. The van der Waals surface area contributed by atoms with Gasteiger partial charge in [-0.3, -0.25) is 15.2 Å². The van der Waals surface area contributed by atoms with E-state index in [0.717, 1.165) is 6.07 Å². The van der Waals surface area contributed by atoms with Gasteiger partial charge < -0.3 is 5.11 Å². The molecule has 3 N–H and O–H groups in total. The average molecular weight is 350 g/mol. The summed E-state index contributed by atoms with van der Waals surface area (Å²) in [6, 6.07) is 2.40. The molecule has 0 radical (unpaired) electrons. The van der Waals surface area contributed by atoms with Crippen LogP contribution in [0.1, 0.15) is 32.0 Å². The Bertz CT molecular complexity index is 897. The van der Waals surface area contributed by atoms with Crippen molar-refractivity contribution in [1.82, 2.24) is 20.2 Å². The molecule has 0 bridgehead atoms. The molecule has 0 unspecified atom stereocenters. The van der Waals surface area contributed by atoms with Crippen LogP contribution in [-0.4, -0.2) is 35.4 Å². The molecular weight excluding hydrogens is 336 g/mol. The SMILES string of the molecule is Cc1cc(C(=O)O)cc(S(=O)(=O)NNC(=O)c2cnccn2)c1C. The van der Waals surface area contributed by atoms with Crippen LogP contribution in [0, 0.1) is 13.8 Å². The van der Waals surface area contributed by atoms with Crippen molar-refractivity contribution in [3.05, 3.63) is 53.1 Å². The number of aromatic carboxylic acids is 1. The van der Waals surface area contributed by atoms with Crippen molar-refractivity contribution in [3.8, 4) is 0 Å². The van der Waals surface area contributed by atoms with Crippen molar-refractivity contribution < 1.29 is 23.1 Å². The predicted octanol–water partition coefficient (Wildman–Crippen LogP) is 0.415. The van der Waals surface area contributed by atoms with E-state index in [0.29, 0.717) is 11.1 Å². The van der Waals surface area contributed by atoms with Gasteiger partial charge in [0, 0.05) is 12.4 Å². The van der Waals surface area contributed by atoms with E-state index in [4.69, 9.17) is 5.11 Å². The molecule has 1 heterocycles. The Morgan fingerprint density at radius 3 is 2.46 bits per heavy atom. The summed E-state index contributed by atoms with van der Waals surface area (Å²) in [4.78, 5) is 32.0. The van der Waals surface area contributed by atoms with Gasteiger partial charge in [0.1, 0.15) is 5.69 Å². The topological polar surface area (TPSA) is 138 Å². The molecule has 0 aliphatic heterocycles. The Labute approximate surface area is 137 Å². The van der Waals surface area contributed by atoms with Crippen molar-refractivity contribution in [1.29, 1.82) is 0 Å².